The molecule has 7 nitrogen and oxygen atoms in total. The van der Waals surface area contributed by atoms with Crippen molar-refractivity contribution in [1.82, 2.24) is 0 Å². The fourth-order valence-corrected chi connectivity index (χ4v) is 3.44. The first-order chi connectivity index (χ1) is 12.2. The van der Waals surface area contributed by atoms with Crippen molar-refractivity contribution < 1.29 is 44.7 Å². The Kier molecular flexibility index (Phi) is 5.56. The second kappa shape index (κ2) is 7.41. The summed E-state index contributed by atoms with van der Waals surface area (Å²) < 4.78 is 87.1. The molecule has 2 saturated heterocycles. The zero-order chi connectivity index (χ0) is 18.9. The Bertz CT molecular complexity index is 710. The van der Waals surface area contributed by atoms with Crippen LogP contribution in [0.1, 0.15) is 18.3 Å². The van der Waals surface area contributed by atoms with Gasteiger partial charge >= 0.3 is 15.6 Å². The number of benzene rings is 1. The van der Waals surface area contributed by atoms with E-state index in [1.165, 1.54) is 7.11 Å². The Hall–Kier alpha value is -1.24. The van der Waals surface area contributed by atoms with E-state index in [-0.39, 0.29) is 13.0 Å². The summed E-state index contributed by atoms with van der Waals surface area (Å²) >= 11 is 0. The van der Waals surface area contributed by atoms with Gasteiger partial charge in [0.2, 0.25) is 0 Å². The molecule has 0 aromatic heterocycles. The number of fused-ring (bicyclic) bond motifs is 1. The maximum absolute atomic E-state index is 12.7. The highest BCUT2D eigenvalue weighted by molar-refractivity contribution is 7.87. The van der Waals surface area contributed by atoms with Crippen molar-refractivity contribution >= 4 is 10.1 Å². The predicted molar refractivity (Wildman–Crippen MR) is 80.1 cm³/mol. The maximum atomic E-state index is 12.7. The van der Waals surface area contributed by atoms with Crippen LogP contribution < -0.4 is 0 Å². The van der Waals surface area contributed by atoms with Crippen LogP contribution in [0.3, 0.4) is 0 Å². The average Bonchev–Trinajstić information content (AvgIpc) is 2.60. The van der Waals surface area contributed by atoms with Crippen LogP contribution in [-0.2, 0) is 33.2 Å². The molecular weight excluding hydrogens is 381 g/mol. The zero-order valence-corrected chi connectivity index (χ0v) is 14.4. The molecule has 2 heterocycles. The van der Waals surface area contributed by atoms with Gasteiger partial charge in [-0.05, 0) is 0 Å². The molecule has 26 heavy (non-hydrogen) atoms. The summed E-state index contributed by atoms with van der Waals surface area (Å²) in [5, 5.41) is 0. The number of rotatable bonds is 4. The van der Waals surface area contributed by atoms with Crippen LogP contribution in [0.15, 0.2) is 30.3 Å². The topological polar surface area (TPSA) is 80.3 Å². The quantitative estimate of drug-likeness (QED) is 0.568. The highest BCUT2D eigenvalue weighted by Gasteiger charge is 2.53. The monoisotopic (exact) mass is 398 g/mol. The zero-order valence-electron chi connectivity index (χ0n) is 13.6. The van der Waals surface area contributed by atoms with Crippen molar-refractivity contribution in [3.8, 4) is 0 Å². The normalized spacial score (nSPS) is 32.8. The van der Waals surface area contributed by atoms with Gasteiger partial charge in [0.15, 0.2) is 12.6 Å². The van der Waals surface area contributed by atoms with Crippen molar-refractivity contribution in [2.24, 2.45) is 0 Å². The van der Waals surface area contributed by atoms with Crippen molar-refractivity contribution in [1.29, 1.82) is 0 Å². The van der Waals surface area contributed by atoms with Gasteiger partial charge in [0.05, 0.1) is 6.61 Å². The number of alkyl halides is 3. The summed E-state index contributed by atoms with van der Waals surface area (Å²) in [5.74, 6) is 0. The number of halogens is 3. The van der Waals surface area contributed by atoms with E-state index in [9.17, 15) is 21.6 Å². The second-order valence-corrected chi connectivity index (χ2v) is 7.35. The molecule has 0 radical (unpaired) electrons. The van der Waals surface area contributed by atoms with Crippen LogP contribution in [0.5, 0.6) is 0 Å². The fourth-order valence-electron chi connectivity index (χ4n) is 2.81. The van der Waals surface area contributed by atoms with Gasteiger partial charge in [0.25, 0.3) is 0 Å². The smallest absolute Gasteiger partial charge is 0.356 e. The van der Waals surface area contributed by atoms with Gasteiger partial charge in [-0.25, -0.2) is 0 Å². The van der Waals surface area contributed by atoms with Gasteiger partial charge in [-0.1, -0.05) is 30.3 Å². The summed E-state index contributed by atoms with van der Waals surface area (Å²) in [6.45, 7) is -0.0178. The van der Waals surface area contributed by atoms with Gasteiger partial charge in [-0.15, -0.1) is 0 Å². The first-order valence-electron chi connectivity index (χ1n) is 7.71. The number of ether oxygens (including phenoxy) is 4. The Morgan fingerprint density at radius 3 is 2.46 bits per heavy atom. The molecule has 3 rings (SSSR count). The number of methoxy groups -OCH3 is 1. The summed E-state index contributed by atoms with van der Waals surface area (Å²) in [6.07, 6.45) is -5.39. The number of hydrogen-bond acceptors (Lipinski definition) is 7. The van der Waals surface area contributed by atoms with E-state index < -0.39 is 46.5 Å². The maximum Gasteiger partial charge on any atom is 0.523 e. The molecule has 146 valence electrons. The molecule has 2 fully saturated rings. The van der Waals surface area contributed by atoms with Crippen molar-refractivity contribution in [2.75, 3.05) is 13.7 Å². The van der Waals surface area contributed by atoms with E-state index in [4.69, 9.17) is 18.9 Å². The molecule has 11 heteroatoms. The summed E-state index contributed by atoms with van der Waals surface area (Å²) in [5.41, 5.74) is -4.90. The molecular formula is C15H17F3O7S. The molecule has 0 unspecified atom stereocenters. The molecule has 1 aromatic carbocycles. The minimum atomic E-state index is -5.79. The third-order valence-electron chi connectivity index (χ3n) is 4.05. The van der Waals surface area contributed by atoms with E-state index in [1.54, 1.807) is 30.3 Å². The Morgan fingerprint density at radius 1 is 1.15 bits per heavy atom. The van der Waals surface area contributed by atoms with Gasteiger partial charge in [-0.2, -0.15) is 21.6 Å². The third kappa shape index (κ3) is 4.02. The molecule has 5 atom stereocenters. The summed E-state index contributed by atoms with van der Waals surface area (Å²) in [7, 11) is -4.50. The third-order valence-corrected chi connectivity index (χ3v) is 5.11. The van der Waals surface area contributed by atoms with E-state index in [1.807, 2.05) is 0 Å². The van der Waals surface area contributed by atoms with E-state index in [2.05, 4.69) is 4.18 Å². The van der Waals surface area contributed by atoms with Gasteiger partial charge in [0, 0.05) is 19.1 Å². The molecule has 2 aliphatic heterocycles. The van der Waals surface area contributed by atoms with Crippen LogP contribution in [0, 0.1) is 0 Å². The Morgan fingerprint density at radius 2 is 1.85 bits per heavy atom. The summed E-state index contributed by atoms with van der Waals surface area (Å²) in [6, 6.07) is 8.71. The molecule has 0 bridgehead atoms. The average molecular weight is 398 g/mol. The van der Waals surface area contributed by atoms with E-state index in [0.717, 1.165) is 0 Å². The molecule has 0 amide bonds. The van der Waals surface area contributed by atoms with Crippen molar-refractivity contribution in [2.45, 2.75) is 42.8 Å². The largest absolute Gasteiger partial charge is 0.523 e. The van der Waals surface area contributed by atoms with E-state index >= 15 is 0 Å². The standard InChI is InChI=1S/C15H17F3O7S/c1-21-12-7-10(25-26(19,20)15(16,17)18)13-11(23-12)8-22-14(24-13)9-5-3-2-4-6-9/h2-6,10-14H,7-8H2,1H3/t10-,11-,12+,13+,14-/m1/s1. The van der Waals surface area contributed by atoms with Gasteiger partial charge in [0.1, 0.15) is 18.3 Å². The molecule has 0 aliphatic carbocycles. The molecule has 0 spiro atoms. The first-order valence-corrected chi connectivity index (χ1v) is 9.12. The van der Waals surface area contributed by atoms with E-state index in [0.29, 0.717) is 5.56 Å². The van der Waals surface area contributed by atoms with Crippen LogP contribution in [0.2, 0.25) is 0 Å². The Labute approximate surface area is 148 Å². The number of hydrogen-bond donors (Lipinski definition) is 0. The van der Waals surface area contributed by atoms with Crippen LogP contribution in [0.25, 0.3) is 0 Å². The predicted octanol–water partition coefficient (Wildman–Crippen LogP) is 2.10. The molecule has 2 aliphatic rings. The lowest BCUT2D eigenvalue weighted by Gasteiger charge is -2.44. The molecule has 0 N–H and O–H groups in total. The highest BCUT2D eigenvalue weighted by Crippen LogP contribution is 2.37. The molecule has 1 aromatic rings. The Balaban J connectivity index is 1.81. The van der Waals surface area contributed by atoms with Crippen molar-refractivity contribution in [3.63, 3.8) is 0 Å². The van der Waals surface area contributed by atoms with Gasteiger partial charge < -0.3 is 18.9 Å². The lowest BCUT2D eigenvalue weighted by atomic mass is 10.0. The highest BCUT2D eigenvalue weighted by atomic mass is 32.2. The molecule has 0 saturated carbocycles. The minimum Gasteiger partial charge on any atom is -0.356 e. The van der Waals surface area contributed by atoms with Crippen LogP contribution in [0.4, 0.5) is 13.2 Å². The second-order valence-electron chi connectivity index (χ2n) is 5.79. The minimum absolute atomic E-state index is 0.0178. The summed E-state index contributed by atoms with van der Waals surface area (Å²) in [4.78, 5) is 0. The van der Waals surface area contributed by atoms with Crippen LogP contribution >= 0.6 is 0 Å². The van der Waals surface area contributed by atoms with Crippen molar-refractivity contribution in [3.05, 3.63) is 35.9 Å². The lowest BCUT2D eigenvalue weighted by molar-refractivity contribution is -0.331. The SMILES string of the molecule is CO[C@@H]1C[C@@H](OS(=O)(=O)C(F)(F)F)[C@@H]2O[C@H](c3ccccc3)OC[C@H]2O1. The van der Waals surface area contributed by atoms with Crippen LogP contribution in [-0.4, -0.2) is 52.2 Å². The van der Waals surface area contributed by atoms with Gasteiger partial charge in [-0.3, -0.25) is 4.18 Å². The first kappa shape index (κ1) is 19.5. The lowest BCUT2D eigenvalue weighted by Crippen LogP contribution is -2.56. The fraction of sp³-hybridized carbons (Fsp3) is 0.600.